The molecule has 222 valence electrons. The van der Waals surface area contributed by atoms with Crippen molar-refractivity contribution in [3.8, 4) is 17.2 Å². The van der Waals surface area contributed by atoms with Crippen molar-refractivity contribution in [3.63, 3.8) is 0 Å². The number of imidazole rings is 1. The fourth-order valence-electron chi connectivity index (χ4n) is 5.17. The van der Waals surface area contributed by atoms with Gasteiger partial charge in [0.2, 0.25) is 5.69 Å². The van der Waals surface area contributed by atoms with Crippen LogP contribution in [0.25, 0.3) is 4.85 Å². The number of nitrogens with zero attached hydrogens (tertiary/aromatic N) is 6. The average molecular weight is 579 g/mol. The van der Waals surface area contributed by atoms with Crippen molar-refractivity contribution in [3.05, 3.63) is 107 Å². The SMILES string of the molecule is [C-]#[N+]c1ccc(Cn2c(CN3CCN(C(=O)c4ccccc4OCCCC)CC3)cnc2C)cc1Oc1cccnc1C. The van der Waals surface area contributed by atoms with E-state index in [2.05, 4.69) is 31.2 Å². The van der Waals surface area contributed by atoms with Crippen LogP contribution in [0.5, 0.6) is 17.2 Å². The Morgan fingerprint density at radius 2 is 1.74 bits per heavy atom. The molecule has 5 rings (SSSR count). The van der Waals surface area contributed by atoms with Crippen molar-refractivity contribution in [1.82, 2.24) is 24.3 Å². The van der Waals surface area contributed by atoms with E-state index in [1.807, 2.05) is 73.5 Å². The lowest BCUT2D eigenvalue weighted by Crippen LogP contribution is -2.48. The Hall–Kier alpha value is -4.68. The van der Waals surface area contributed by atoms with Gasteiger partial charge in [-0.2, -0.15) is 0 Å². The van der Waals surface area contributed by atoms with Crippen LogP contribution >= 0.6 is 0 Å². The molecule has 0 aliphatic carbocycles. The Kier molecular flexibility index (Phi) is 9.70. The van der Waals surface area contributed by atoms with E-state index < -0.39 is 0 Å². The summed E-state index contributed by atoms with van der Waals surface area (Å²) in [5.41, 5.74) is 3.97. The predicted octanol–water partition coefficient (Wildman–Crippen LogP) is 6.42. The third-order valence-electron chi connectivity index (χ3n) is 7.72. The zero-order chi connectivity index (χ0) is 30.2. The zero-order valence-corrected chi connectivity index (χ0v) is 25.1. The molecule has 1 aliphatic rings. The molecular formula is C34H38N6O3. The molecular weight excluding hydrogens is 540 g/mol. The first-order chi connectivity index (χ1) is 21.0. The number of carbonyl (C=O) groups is 1. The molecule has 2 aromatic heterocycles. The van der Waals surface area contributed by atoms with Gasteiger partial charge in [0.1, 0.15) is 23.1 Å². The Labute approximate surface area is 253 Å². The summed E-state index contributed by atoms with van der Waals surface area (Å²) in [7, 11) is 0. The van der Waals surface area contributed by atoms with Gasteiger partial charge < -0.3 is 18.9 Å². The molecule has 4 aromatic rings. The maximum Gasteiger partial charge on any atom is 0.257 e. The van der Waals surface area contributed by atoms with Crippen LogP contribution in [0.15, 0.2) is 67.0 Å². The number of benzene rings is 2. The molecule has 2 aromatic carbocycles. The van der Waals surface area contributed by atoms with Gasteiger partial charge in [-0.1, -0.05) is 37.6 Å². The highest BCUT2D eigenvalue weighted by molar-refractivity contribution is 5.97. The van der Waals surface area contributed by atoms with Crippen molar-refractivity contribution in [2.24, 2.45) is 0 Å². The summed E-state index contributed by atoms with van der Waals surface area (Å²) < 4.78 is 14.2. The standard InChI is InChI=1S/C34H38N6O3/c1-5-6-20-42-32-11-8-7-10-29(32)34(41)39-18-16-38(17-19-39)24-28-22-37-26(3)40(28)23-27-13-14-30(35-4)33(21-27)43-31-12-9-15-36-25(31)2/h7-15,21-22H,5-6,16-20,23-24H2,1-3H3. The predicted molar refractivity (Wildman–Crippen MR) is 166 cm³/mol. The van der Waals surface area contributed by atoms with Crippen LogP contribution in [0.3, 0.4) is 0 Å². The van der Waals surface area contributed by atoms with Gasteiger partial charge in [-0.25, -0.2) is 9.83 Å². The minimum Gasteiger partial charge on any atom is -0.493 e. The quantitative estimate of drug-likeness (QED) is 0.151. The second-order valence-electron chi connectivity index (χ2n) is 10.8. The molecule has 0 spiro atoms. The summed E-state index contributed by atoms with van der Waals surface area (Å²) in [4.78, 5) is 30.2. The van der Waals surface area contributed by atoms with Crippen LogP contribution in [-0.4, -0.2) is 63.0 Å². The first kappa shape index (κ1) is 29.8. The molecule has 9 nitrogen and oxygen atoms in total. The third-order valence-corrected chi connectivity index (χ3v) is 7.72. The van der Waals surface area contributed by atoms with Gasteiger partial charge in [0.25, 0.3) is 5.91 Å². The summed E-state index contributed by atoms with van der Waals surface area (Å²) in [5.74, 6) is 2.75. The number of hydrogen-bond acceptors (Lipinski definition) is 6. The van der Waals surface area contributed by atoms with E-state index >= 15 is 0 Å². The molecule has 43 heavy (non-hydrogen) atoms. The van der Waals surface area contributed by atoms with Gasteiger partial charge in [0.15, 0.2) is 0 Å². The molecule has 0 bridgehead atoms. The molecule has 1 fully saturated rings. The number of aromatic nitrogens is 3. The Bertz CT molecular complexity index is 1600. The number of hydrogen-bond donors (Lipinski definition) is 0. The Balaban J connectivity index is 1.23. The van der Waals surface area contributed by atoms with Gasteiger partial charge in [-0.3, -0.25) is 14.7 Å². The molecule has 0 atom stereocenters. The fraction of sp³-hybridized carbons (Fsp3) is 0.353. The van der Waals surface area contributed by atoms with E-state index in [1.54, 1.807) is 12.3 Å². The van der Waals surface area contributed by atoms with Crippen LogP contribution in [-0.2, 0) is 13.1 Å². The minimum atomic E-state index is 0.0231. The fourth-order valence-corrected chi connectivity index (χ4v) is 5.17. The number of carbonyl (C=O) groups excluding carboxylic acids is 1. The van der Waals surface area contributed by atoms with Crippen LogP contribution in [0.2, 0.25) is 0 Å². The third kappa shape index (κ3) is 7.22. The number of piperazine rings is 1. The molecule has 0 N–H and O–H groups in total. The van der Waals surface area contributed by atoms with E-state index in [9.17, 15) is 4.79 Å². The van der Waals surface area contributed by atoms with Crippen LogP contribution in [0.4, 0.5) is 5.69 Å². The van der Waals surface area contributed by atoms with E-state index in [1.165, 1.54) is 0 Å². The van der Waals surface area contributed by atoms with E-state index in [4.69, 9.17) is 16.0 Å². The lowest BCUT2D eigenvalue weighted by Gasteiger charge is -2.35. The van der Waals surface area contributed by atoms with Gasteiger partial charge in [-0.15, -0.1) is 0 Å². The van der Waals surface area contributed by atoms with Crippen molar-refractivity contribution in [2.75, 3.05) is 32.8 Å². The lowest BCUT2D eigenvalue weighted by atomic mass is 10.1. The number of aryl methyl sites for hydroxylation is 2. The van der Waals surface area contributed by atoms with Gasteiger partial charge in [0.05, 0.1) is 30.1 Å². The number of unbranched alkanes of at least 4 members (excludes halogenated alkanes) is 1. The first-order valence-electron chi connectivity index (χ1n) is 14.8. The van der Waals surface area contributed by atoms with Crippen LogP contribution in [0.1, 0.15) is 52.9 Å². The van der Waals surface area contributed by atoms with E-state index in [0.717, 1.165) is 55.3 Å². The number of ether oxygens (including phenoxy) is 2. The molecule has 3 heterocycles. The topological polar surface area (TPSA) is 77.1 Å². The number of rotatable bonds is 11. The number of pyridine rings is 1. The van der Waals surface area contributed by atoms with E-state index in [-0.39, 0.29) is 5.91 Å². The largest absolute Gasteiger partial charge is 0.493 e. The molecule has 0 unspecified atom stereocenters. The highest BCUT2D eigenvalue weighted by atomic mass is 16.5. The Morgan fingerprint density at radius 1 is 0.953 bits per heavy atom. The number of amides is 1. The normalized spacial score (nSPS) is 13.5. The smallest absolute Gasteiger partial charge is 0.257 e. The van der Waals surface area contributed by atoms with Gasteiger partial charge in [-0.05, 0) is 56.2 Å². The van der Waals surface area contributed by atoms with Crippen LogP contribution in [0, 0.1) is 20.4 Å². The molecule has 1 amide bonds. The maximum absolute atomic E-state index is 13.4. The van der Waals surface area contributed by atoms with Crippen LogP contribution < -0.4 is 9.47 Å². The van der Waals surface area contributed by atoms with Gasteiger partial charge >= 0.3 is 0 Å². The first-order valence-corrected chi connectivity index (χ1v) is 14.8. The molecule has 1 saturated heterocycles. The van der Waals surface area contributed by atoms with Crippen molar-refractivity contribution >= 4 is 11.6 Å². The zero-order valence-electron chi connectivity index (χ0n) is 25.1. The maximum atomic E-state index is 13.4. The highest BCUT2D eigenvalue weighted by Crippen LogP contribution is 2.34. The molecule has 9 heteroatoms. The lowest BCUT2D eigenvalue weighted by molar-refractivity contribution is 0.0621. The van der Waals surface area contributed by atoms with Gasteiger partial charge in [0, 0.05) is 51.7 Å². The summed E-state index contributed by atoms with van der Waals surface area (Å²) >= 11 is 0. The average Bonchev–Trinajstić information content (AvgIpc) is 3.36. The molecule has 1 aliphatic heterocycles. The minimum absolute atomic E-state index is 0.0231. The van der Waals surface area contributed by atoms with Crippen molar-refractivity contribution in [2.45, 2.75) is 46.7 Å². The second kappa shape index (κ2) is 14.0. The van der Waals surface area contributed by atoms with E-state index in [0.29, 0.717) is 54.7 Å². The second-order valence-corrected chi connectivity index (χ2v) is 10.8. The Morgan fingerprint density at radius 3 is 2.51 bits per heavy atom. The summed E-state index contributed by atoms with van der Waals surface area (Å²) in [6.07, 6.45) is 5.66. The van der Waals surface area contributed by atoms with Crippen molar-refractivity contribution in [1.29, 1.82) is 0 Å². The monoisotopic (exact) mass is 578 g/mol. The van der Waals surface area contributed by atoms with Crippen molar-refractivity contribution < 1.29 is 14.3 Å². The summed E-state index contributed by atoms with van der Waals surface area (Å²) in [5, 5.41) is 0. The summed E-state index contributed by atoms with van der Waals surface area (Å²) in [6.45, 7) is 18.4. The highest BCUT2D eigenvalue weighted by Gasteiger charge is 2.25. The number of para-hydroxylation sites is 1. The summed E-state index contributed by atoms with van der Waals surface area (Å²) in [6, 6.07) is 16.9. The molecule has 0 radical (unpaired) electrons. The molecule has 0 saturated carbocycles.